The van der Waals surface area contributed by atoms with Gasteiger partial charge in [-0.25, -0.2) is 4.68 Å². The Morgan fingerprint density at radius 3 is 2.36 bits per heavy atom. The summed E-state index contributed by atoms with van der Waals surface area (Å²) in [5.41, 5.74) is 4.21. The number of hydrogen-bond acceptors (Lipinski definition) is 5. The summed E-state index contributed by atoms with van der Waals surface area (Å²) in [6, 6.07) is 25.0. The van der Waals surface area contributed by atoms with Crippen molar-refractivity contribution >= 4 is 11.6 Å². The van der Waals surface area contributed by atoms with Crippen LogP contribution in [0.15, 0.2) is 94.9 Å². The zero-order chi connectivity index (χ0) is 27.1. The first kappa shape index (κ1) is 24.8. The van der Waals surface area contributed by atoms with Crippen LogP contribution in [0, 0.1) is 5.41 Å². The van der Waals surface area contributed by atoms with Gasteiger partial charge in [-0.2, -0.15) is 0 Å². The predicted octanol–water partition coefficient (Wildman–Crippen LogP) is 5.95. The van der Waals surface area contributed by atoms with Crippen molar-refractivity contribution in [3.8, 4) is 17.2 Å². The van der Waals surface area contributed by atoms with Gasteiger partial charge in [-0.05, 0) is 47.2 Å². The fraction of sp³-hybridized carbons (Fsp3) is 0.250. The number of fused-ring (bicyclic) bond motifs is 1. The van der Waals surface area contributed by atoms with Crippen LogP contribution in [0.3, 0.4) is 0 Å². The molecule has 1 atom stereocenters. The molecule has 1 aliphatic carbocycles. The molecule has 0 saturated heterocycles. The van der Waals surface area contributed by atoms with Crippen molar-refractivity contribution < 1.29 is 14.3 Å². The lowest BCUT2D eigenvalue weighted by molar-refractivity contribution is -0.118. The van der Waals surface area contributed by atoms with Crippen LogP contribution >= 0.6 is 0 Å². The Bertz CT molecular complexity index is 1630. The molecule has 7 nitrogen and oxygen atoms in total. The number of rotatable bonds is 6. The average molecular weight is 522 g/mol. The van der Waals surface area contributed by atoms with E-state index in [9.17, 15) is 9.59 Å². The number of carbonyl (C=O) groups excluding carboxylic acids is 1. The average Bonchev–Trinajstić information content (AvgIpc) is 3.26. The number of nitrogens with one attached hydrogen (secondary N) is 2. The molecule has 2 heterocycles. The maximum Gasteiger partial charge on any atom is 0.277 e. The number of Topliss-reactive ketones (excluding diaryl/α,β-unsaturated/α-hetero) is 1. The molecule has 1 unspecified atom stereocenters. The summed E-state index contributed by atoms with van der Waals surface area (Å²) in [6.45, 7) is 4.56. The fourth-order valence-corrected chi connectivity index (χ4v) is 5.70. The largest absolute Gasteiger partial charge is 0.493 e. The second kappa shape index (κ2) is 9.66. The third kappa shape index (κ3) is 4.54. The molecule has 6 rings (SSSR count). The van der Waals surface area contributed by atoms with Crippen molar-refractivity contribution in [3.05, 3.63) is 117 Å². The molecule has 0 radical (unpaired) electrons. The molecule has 2 aliphatic rings. The monoisotopic (exact) mass is 521 g/mol. The number of carbonyl (C=O) groups is 1. The van der Waals surface area contributed by atoms with E-state index in [0.29, 0.717) is 47.9 Å². The summed E-state index contributed by atoms with van der Waals surface area (Å²) in [5, 5.41) is 6.69. The third-order valence-electron chi connectivity index (χ3n) is 7.47. The molecule has 0 bridgehead atoms. The first-order valence-electron chi connectivity index (χ1n) is 13.1. The number of nitrogens with zero attached hydrogens (tertiary/aromatic N) is 1. The van der Waals surface area contributed by atoms with Crippen LogP contribution in [-0.2, 0) is 11.4 Å². The van der Waals surface area contributed by atoms with E-state index in [-0.39, 0.29) is 16.8 Å². The first-order valence-corrected chi connectivity index (χ1v) is 13.1. The number of aromatic amines is 1. The molecular formula is C32H31N3O4. The van der Waals surface area contributed by atoms with E-state index in [1.54, 1.807) is 7.11 Å². The van der Waals surface area contributed by atoms with Crippen LogP contribution in [0.2, 0.25) is 0 Å². The van der Waals surface area contributed by atoms with Gasteiger partial charge in [-0.1, -0.05) is 68.4 Å². The topological polar surface area (TPSA) is 85.4 Å². The van der Waals surface area contributed by atoms with Crippen LogP contribution in [-0.4, -0.2) is 22.7 Å². The van der Waals surface area contributed by atoms with E-state index in [1.807, 2.05) is 78.9 Å². The molecule has 198 valence electrons. The van der Waals surface area contributed by atoms with Gasteiger partial charge < -0.3 is 14.8 Å². The minimum absolute atomic E-state index is 0.0545. The fourth-order valence-electron chi connectivity index (χ4n) is 5.70. The Labute approximate surface area is 227 Å². The van der Waals surface area contributed by atoms with E-state index >= 15 is 0 Å². The molecule has 2 N–H and O–H groups in total. The van der Waals surface area contributed by atoms with Gasteiger partial charge in [-0.3, -0.25) is 14.7 Å². The number of allylic oxidation sites excluding steroid dienone is 2. The third-order valence-corrected chi connectivity index (χ3v) is 7.47. The number of para-hydroxylation sites is 1. The molecular weight excluding hydrogens is 490 g/mol. The van der Waals surface area contributed by atoms with Crippen molar-refractivity contribution in [1.82, 2.24) is 9.78 Å². The van der Waals surface area contributed by atoms with Gasteiger partial charge in [0.15, 0.2) is 17.3 Å². The minimum atomic E-state index is -0.543. The standard InChI is InChI=1S/C32H31N3O4/c1-32(2)17-23-28(24(36)18-32)27(29-30(33-23)34-35(31(29)37)22-12-8-5-9-13-22)21-14-15-25(38-3)26(16-21)39-19-20-10-6-4-7-11-20/h4-16,27,33-34H,17-19H2,1-3H3. The summed E-state index contributed by atoms with van der Waals surface area (Å²) in [5.74, 6) is 1.27. The van der Waals surface area contributed by atoms with Crippen LogP contribution < -0.4 is 20.3 Å². The van der Waals surface area contributed by atoms with Crippen molar-refractivity contribution in [3.63, 3.8) is 0 Å². The van der Waals surface area contributed by atoms with E-state index in [2.05, 4.69) is 24.3 Å². The quantitative estimate of drug-likeness (QED) is 0.327. The Morgan fingerprint density at radius 2 is 1.64 bits per heavy atom. The molecule has 39 heavy (non-hydrogen) atoms. The zero-order valence-corrected chi connectivity index (χ0v) is 22.3. The number of methoxy groups -OCH3 is 1. The van der Waals surface area contributed by atoms with Gasteiger partial charge in [0.05, 0.1) is 18.4 Å². The summed E-state index contributed by atoms with van der Waals surface area (Å²) >= 11 is 0. The van der Waals surface area contributed by atoms with E-state index in [4.69, 9.17) is 9.47 Å². The summed E-state index contributed by atoms with van der Waals surface area (Å²) in [6.07, 6.45) is 1.13. The molecule has 1 aliphatic heterocycles. The Kier molecular flexibility index (Phi) is 6.14. The Balaban J connectivity index is 1.49. The number of ketones is 1. The molecule has 1 aromatic heterocycles. The first-order chi connectivity index (χ1) is 18.8. The second-order valence-corrected chi connectivity index (χ2v) is 11.0. The zero-order valence-electron chi connectivity index (χ0n) is 22.3. The van der Waals surface area contributed by atoms with Crippen LogP contribution in [0.25, 0.3) is 5.69 Å². The lowest BCUT2D eigenvalue weighted by atomic mass is 9.69. The molecule has 7 heteroatoms. The van der Waals surface area contributed by atoms with Crippen molar-refractivity contribution in [2.24, 2.45) is 5.41 Å². The molecule has 0 amide bonds. The SMILES string of the molecule is COc1ccc(C2C3=C(CC(C)(C)CC3=O)Nc3[nH]n(-c4ccccc4)c(=O)c32)cc1OCc1ccccc1. The van der Waals surface area contributed by atoms with Gasteiger partial charge in [0.25, 0.3) is 5.56 Å². The van der Waals surface area contributed by atoms with Crippen LogP contribution in [0.5, 0.6) is 11.5 Å². The molecule has 0 spiro atoms. The summed E-state index contributed by atoms with van der Waals surface area (Å²) < 4.78 is 13.3. The minimum Gasteiger partial charge on any atom is -0.493 e. The predicted molar refractivity (Wildman–Crippen MR) is 151 cm³/mol. The summed E-state index contributed by atoms with van der Waals surface area (Å²) in [4.78, 5) is 27.6. The number of anilines is 1. The van der Waals surface area contributed by atoms with E-state index in [0.717, 1.165) is 22.5 Å². The van der Waals surface area contributed by atoms with E-state index in [1.165, 1.54) is 4.68 Å². The smallest absolute Gasteiger partial charge is 0.277 e. The van der Waals surface area contributed by atoms with Gasteiger partial charge in [0, 0.05) is 23.6 Å². The lowest BCUT2D eigenvalue weighted by Gasteiger charge is -2.38. The number of benzene rings is 3. The summed E-state index contributed by atoms with van der Waals surface area (Å²) in [7, 11) is 1.60. The lowest BCUT2D eigenvalue weighted by Crippen LogP contribution is -2.35. The molecule has 0 fully saturated rings. The number of hydrogen-bond donors (Lipinski definition) is 2. The maximum atomic E-state index is 13.9. The number of ether oxygens (including phenoxy) is 2. The number of H-pyrrole nitrogens is 1. The highest BCUT2D eigenvalue weighted by Crippen LogP contribution is 2.48. The maximum absolute atomic E-state index is 13.9. The highest BCUT2D eigenvalue weighted by Gasteiger charge is 2.43. The highest BCUT2D eigenvalue weighted by molar-refractivity contribution is 6.01. The van der Waals surface area contributed by atoms with Crippen molar-refractivity contribution in [2.75, 3.05) is 12.4 Å². The molecule has 4 aromatic rings. The molecule has 3 aromatic carbocycles. The van der Waals surface area contributed by atoms with Gasteiger partial charge in [0.2, 0.25) is 0 Å². The van der Waals surface area contributed by atoms with Crippen molar-refractivity contribution in [1.29, 1.82) is 0 Å². The van der Waals surface area contributed by atoms with Crippen LogP contribution in [0.1, 0.15) is 49.3 Å². The van der Waals surface area contributed by atoms with Crippen LogP contribution in [0.4, 0.5) is 5.82 Å². The second-order valence-electron chi connectivity index (χ2n) is 11.0. The number of aromatic nitrogens is 2. The van der Waals surface area contributed by atoms with Crippen molar-refractivity contribution in [2.45, 2.75) is 39.2 Å². The van der Waals surface area contributed by atoms with Gasteiger partial charge >= 0.3 is 0 Å². The van der Waals surface area contributed by atoms with Gasteiger partial charge in [-0.15, -0.1) is 0 Å². The van der Waals surface area contributed by atoms with E-state index < -0.39 is 5.92 Å². The highest BCUT2D eigenvalue weighted by atomic mass is 16.5. The normalized spacial score (nSPS) is 17.7. The Morgan fingerprint density at radius 1 is 0.923 bits per heavy atom. The van der Waals surface area contributed by atoms with Gasteiger partial charge in [0.1, 0.15) is 12.4 Å². The Hall–Kier alpha value is -4.52. The molecule has 0 saturated carbocycles.